The zero-order valence-electron chi connectivity index (χ0n) is 7.56. The molecule has 0 aliphatic heterocycles. The average Bonchev–Trinajstić information content (AvgIpc) is 2.81. The van der Waals surface area contributed by atoms with Gasteiger partial charge in [-0.2, -0.15) is 10.5 Å². The second-order valence-corrected chi connectivity index (χ2v) is 3.62. The highest BCUT2D eigenvalue weighted by molar-refractivity contribution is 7.13. The normalized spacial score (nSPS) is 9.20. The minimum atomic E-state index is 0.470. The van der Waals surface area contributed by atoms with Crippen LogP contribution in [-0.4, -0.2) is 4.98 Å². The smallest absolute Gasteiger partial charge is 0.125 e. The van der Waals surface area contributed by atoms with Gasteiger partial charge in [0, 0.05) is 10.9 Å². The van der Waals surface area contributed by atoms with Crippen LogP contribution < -0.4 is 0 Å². The van der Waals surface area contributed by atoms with Crippen LogP contribution in [0.15, 0.2) is 23.6 Å². The van der Waals surface area contributed by atoms with E-state index in [4.69, 9.17) is 10.5 Å². The molecule has 0 aliphatic carbocycles. The van der Waals surface area contributed by atoms with Gasteiger partial charge in [-0.3, -0.25) is 0 Å². The van der Waals surface area contributed by atoms with Crippen molar-refractivity contribution < 1.29 is 0 Å². The van der Waals surface area contributed by atoms with Gasteiger partial charge in [0.1, 0.15) is 11.2 Å². The van der Waals surface area contributed by atoms with Gasteiger partial charge < -0.3 is 0 Å². The lowest BCUT2D eigenvalue weighted by atomic mass is 10.1. The number of nitrogens with zero attached hydrogens (tertiary/aromatic N) is 3. The van der Waals surface area contributed by atoms with Crippen LogP contribution in [0.2, 0.25) is 0 Å². The summed E-state index contributed by atoms with van der Waals surface area (Å²) in [6, 6.07) is 9.04. The lowest BCUT2D eigenvalue weighted by Gasteiger charge is -1.99. The summed E-state index contributed by atoms with van der Waals surface area (Å²) in [4.78, 5) is 4.01. The van der Waals surface area contributed by atoms with E-state index in [9.17, 15) is 0 Å². The molecule has 0 unspecified atom stereocenters. The number of hydrogen-bond donors (Lipinski definition) is 0. The molecule has 0 spiro atoms. The molecule has 1 aromatic heterocycles. The predicted octanol–water partition coefficient (Wildman–Crippen LogP) is 2.35. The molecule has 1 aromatic carbocycles. The van der Waals surface area contributed by atoms with E-state index in [1.807, 2.05) is 6.07 Å². The first kappa shape index (κ1) is 9.39. The van der Waals surface area contributed by atoms with Crippen LogP contribution in [0.25, 0.3) is 10.6 Å². The summed E-state index contributed by atoms with van der Waals surface area (Å²) in [5.74, 6) is 0. The highest BCUT2D eigenvalue weighted by Crippen LogP contribution is 2.25. The SMILES string of the molecule is N#Cc1ccc(-c2n[c]cs2)c(C#N)c1. The summed E-state index contributed by atoms with van der Waals surface area (Å²) in [7, 11) is 0. The minimum Gasteiger partial charge on any atom is -0.234 e. The largest absolute Gasteiger partial charge is 0.234 e. The molecule has 0 bridgehead atoms. The molecule has 3 nitrogen and oxygen atoms in total. The number of aromatic nitrogens is 1. The van der Waals surface area contributed by atoms with Gasteiger partial charge >= 0.3 is 0 Å². The van der Waals surface area contributed by atoms with E-state index < -0.39 is 0 Å². The summed E-state index contributed by atoms with van der Waals surface area (Å²) in [6.45, 7) is 0. The Morgan fingerprint density at radius 1 is 1.27 bits per heavy atom. The second-order valence-electron chi connectivity index (χ2n) is 2.77. The van der Waals surface area contributed by atoms with Crippen LogP contribution in [0.4, 0.5) is 0 Å². The number of benzene rings is 1. The van der Waals surface area contributed by atoms with Crippen molar-refractivity contribution in [2.75, 3.05) is 0 Å². The Morgan fingerprint density at radius 2 is 2.13 bits per heavy atom. The molecule has 2 rings (SSSR count). The average molecular weight is 210 g/mol. The Morgan fingerprint density at radius 3 is 2.73 bits per heavy atom. The highest BCUT2D eigenvalue weighted by atomic mass is 32.1. The van der Waals surface area contributed by atoms with Gasteiger partial charge in [-0.25, -0.2) is 4.98 Å². The van der Waals surface area contributed by atoms with Gasteiger partial charge in [0.15, 0.2) is 0 Å². The lowest BCUT2D eigenvalue weighted by molar-refractivity contribution is 1.38. The number of nitriles is 2. The Kier molecular flexibility index (Phi) is 2.45. The van der Waals surface area contributed by atoms with E-state index in [-0.39, 0.29) is 0 Å². The van der Waals surface area contributed by atoms with E-state index in [1.165, 1.54) is 11.3 Å². The van der Waals surface area contributed by atoms with Crippen molar-refractivity contribution in [3.63, 3.8) is 0 Å². The van der Waals surface area contributed by atoms with Gasteiger partial charge in [-0.05, 0) is 18.2 Å². The summed E-state index contributed by atoms with van der Waals surface area (Å²) in [5, 5.41) is 20.1. The maximum Gasteiger partial charge on any atom is 0.125 e. The molecule has 4 heteroatoms. The van der Waals surface area contributed by atoms with Gasteiger partial charge in [0.25, 0.3) is 0 Å². The van der Waals surface area contributed by atoms with E-state index in [1.54, 1.807) is 23.6 Å². The van der Waals surface area contributed by atoms with Gasteiger partial charge in [0.05, 0.1) is 23.3 Å². The first-order valence-corrected chi connectivity index (χ1v) is 4.99. The van der Waals surface area contributed by atoms with Gasteiger partial charge in [0.2, 0.25) is 0 Å². The number of thiazole rings is 1. The molecule has 2 aromatic rings. The summed E-state index contributed by atoms with van der Waals surface area (Å²) >= 11 is 1.42. The predicted molar refractivity (Wildman–Crippen MR) is 55.8 cm³/mol. The molecule has 0 fully saturated rings. The fraction of sp³-hybridized carbons (Fsp3) is 0. The van der Waals surface area contributed by atoms with Crippen LogP contribution in [0.1, 0.15) is 11.1 Å². The minimum absolute atomic E-state index is 0.470. The number of hydrogen-bond acceptors (Lipinski definition) is 4. The van der Waals surface area contributed by atoms with Crippen LogP contribution in [0.5, 0.6) is 0 Å². The third kappa shape index (κ3) is 1.71. The van der Waals surface area contributed by atoms with Crippen molar-refractivity contribution in [3.05, 3.63) is 40.9 Å². The van der Waals surface area contributed by atoms with Crippen molar-refractivity contribution in [2.24, 2.45) is 0 Å². The quantitative estimate of drug-likeness (QED) is 0.725. The Balaban J connectivity index is 2.60. The fourth-order valence-corrected chi connectivity index (χ4v) is 1.84. The molecule has 1 heterocycles. The molecule has 0 amide bonds. The molecular weight excluding hydrogens is 206 g/mol. The Hall–Kier alpha value is -2.17. The molecule has 0 aliphatic rings. The van der Waals surface area contributed by atoms with Crippen molar-refractivity contribution >= 4 is 11.3 Å². The highest BCUT2D eigenvalue weighted by Gasteiger charge is 2.07. The molecule has 1 radical (unpaired) electrons. The van der Waals surface area contributed by atoms with Crippen molar-refractivity contribution in [3.8, 4) is 22.7 Å². The molecule has 0 atom stereocenters. The van der Waals surface area contributed by atoms with Crippen LogP contribution in [0, 0.1) is 28.9 Å². The maximum absolute atomic E-state index is 8.94. The molecule has 0 saturated carbocycles. The van der Waals surface area contributed by atoms with Crippen molar-refractivity contribution in [1.82, 2.24) is 4.98 Å². The third-order valence-electron chi connectivity index (χ3n) is 1.89. The lowest BCUT2D eigenvalue weighted by Crippen LogP contribution is -1.85. The topological polar surface area (TPSA) is 60.5 Å². The monoisotopic (exact) mass is 210 g/mol. The van der Waals surface area contributed by atoms with Crippen LogP contribution in [-0.2, 0) is 0 Å². The second kappa shape index (κ2) is 3.91. The van der Waals surface area contributed by atoms with E-state index >= 15 is 0 Å². The van der Waals surface area contributed by atoms with Crippen LogP contribution >= 0.6 is 11.3 Å². The zero-order valence-corrected chi connectivity index (χ0v) is 8.38. The number of rotatable bonds is 1. The van der Waals surface area contributed by atoms with Crippen molar-refractivity contribution in [2.45, 2.75) is 0 Å². The van der Waals surface area contributed by atoms with Crippen molar-refractivity contribution in [1.29, 1.82) is 10.5 Å². The molecule has 15 heavy (non-hydrogen) atoms. The van der Waals surface area contributed by atoms with Crippen LogP contribution in [0.3, 0.4) is 0 Å². The first-order chi connectivity index (χ1) is 7.35. The van der Waals surface area contributed by atoms with E-state index in [2.05, 4.69) is 17.3 Å². The van der Waals surface area contributed by atoms with E-state index in [0.29, 0.717) is 11.1 Å². The molecule has 69 valence electrons. The fourth-order valence-electron chi connectivity index (χ4n) is 1.21. The summed E-state index contributed by atoms with van der Waals surface area (Å²) in [6.07, 6.45) is 2.70. The first-order valence-electron chi connectivity index (χ1n) is 4.11. The Bertz CT molecular complexity index is 559. The van der Waals surface area contributed by atoms with E-state index in [0.717, 1.165) is 10.6 Å². The zero-order chi connectivity index (χ0) is 10.7. The molecular formula is C11H4N3S. The maximum atomic E-state index is 8.94. The third-order valence-corrected chi connectivity index (χ3v) is 2.65. The standard InChI is InChI=1S/C11H4N3S/c12-6-8-1-2-10(9(5-8)7-13)11-14-3-4-15-11/h1-2,4-5H. The Labute approximate surface area is 90.9 Å². The van der Waals surface area contributed by atoms with Gasteiger partial charge in [-0.1, -0.05) is 0 Å². The van der Waals surface area contributed by atoms with Gasteiger partial charge in [-0.15, -0.1) is 11.3 Å². The molecule has 0 N–H and O–H groups in total. The summed E-state index contributed by atoms with van der Waals surface area (Å²) < 4.78 is 0. The summed E-state index contributed by atoms with van der Waals surface area (Å²) in [5.41, 5.74) is 1.70. The molecule has 0 saturated heterocycles.